The SMILES string of the molecule is CC/C=C\C/C=C\C/C=C\CCCCCCCCCCCC(=O)OCC(COC(=O)CCCCCCCCCCC)OC(=O)CCCCCCC/C=C\CCCCCCCCCCC. The molecule has 0 aliphatic rings. The topological polar surface area (TPSA) is 78.9 Å². The van der Waals surface area contributed by atoms with Crippen LogP contribution in [-0.4, -0.2) is 37.2 Å². The van der Waals surface area contributed by atoms with Crippen LogP contribution in [0.5, 0.6) is 0 Å². The number of rotatable bonds is 50. The maximum atomic E-state index is 12.8. The first-order valence-corrected chi connectivity index (χ1v) is 27.6. The van der Waals surface area contributed by atoms with E-state index in [1.165, 1.54) is 161 Å². The van der Waals surface area contributed by atoms with Gasteiger partial charge in [-0.1, -0.05) is 236 Å². The molecular weight excluding hydrogens is 793 g/mol. The second kappa shape index (κ2) is 53.0. The van der Waals surface area contributed by atoms with Crippen molar-refractivity contribution in [1.82, 2.24) is 0 Å². The Morgan fingerprint density at radius 2 is 0.609 bits per heavy atom. The average molecular weight is 897 g/mol. The Morgan fingerprint density at radius 1 is 0.328 bits per heavy atom. The lowest BCUT2D eigenvalue weighted by Crippen LogP contribution is -2.30. The predicted octanol–water partition coefficient (Wildman–Crippen LogP) is 18.3. The van der Waals surface area contributed by atoms with E-state index in [4.69, 9.17) is 14.2 Å². The highest BCUT2D eigenvalue weighted by atomic mass is 16.6. The van der Waals surface area contributed by atoms with Crippen LogP contribution in [0.25, 0.3) is 0 Å². The van der Waals surface area contributed by atoms with Crippen molar-refractivity contribution in [3.8, 4) is 0 Å². The van der Waals surface area contributed by atoms with Crippen molar-refractivity contribution in [3.63, 3.8) is 0 Å². The van der Waals surface area contributed by atoms with Crippen LogP contribution in [0.1, 0.15) is 284 Å². The minimum Gasteiger partial charge on any atom is -0.462 e. The van der Waals surface area contributed by atoms with Gasteiger partial charge in [-0.05, 0) is 77.0 Å². The minimum atomic E-state index is -0.776. The molecule has 0 spiro atoms. The Morgan fingerprint density at radius 3 is 0.969 bits per heavy atom. The molecule has 0 heterocycles. The molecule has 372 valence electrons. The first kappa shape index (κ1) is 61.4. The molecule has 1 unspecified atom stereocenters. The summed E-state index contributed by atoms with van der Waals surface area (Å²) in [6.07, 6.45) is 63.9. The van der Waals surface area contributed by atoms with E-state index in [-0.39, 0.29) is 31.1 Å². The Balaban J connectivity index is 4.29. The van der Waals surface area contributed by atoms with Gasteiger partial charge in [0.25, 0.3) is 0 Å². The van der Waals surface area contributed by atoms with E-state index >= 15 is 0 Å². The molecule has 0 fully saturated rings. The van der Waals surface area contributed by atoms with Crippen LogP contribution in [0.15, 0.2) is 48.6 Å². The van der Waals surface area contributed by atoms with E-state index in [2.05, 4.69) is 69.4 Å². The second-order valence-corrected chi connectivity index (χ2v) is 18.5. The third-order valence-electron chi connectivity index (χ3n) is 12.1. The Hall–Kier alpha value is -2.63. The third-order valence-corrected chi connectivity index (χ3v) is 12.1. The Bertz CT molecular complexity index is 1120. The van der Waals surface area contributed by atoms with Gasteiger partial charge in [0, 0.05) is 19.3 Å². The first-order valence-electron chi connectivity index (χ1n) is 27.6. The summed E-state index contributed by atoms with van der Waals surface area (Å²) in [5, 5.41) is 0. The van der Waals surface area contributed by atoms with Gasteiger partial charge in [-0.25, -0.2) is 0 Å². The molecule has 0 amide bonds. The van der Waals surface area contributed by atoms with Crippen molar-refractivity contribution in [2.24, 2.45) is 0 Å². The number of hydrogen-bond donors (Lipinski definition) is 0. The van der Waals surface area contributed by atoms with E-state index in [0.29, 0.717) is 19.3 Å². The van der Waals surface area contributed by atoms with Gasteiger partial charge in [-0.15, -0.1) is 0 Å². The van der Waals surface area contributed by atoms with Gasteiger partial charge in [0.1, 0.15) is 13.2 Å². The summed E-state index contributed by atoms with van der Waals surface area (Å²) in [4.78, 5) is 38.0. The van der Waals surface area contributed by atoms with Crippen LogP contribution in [0.2, 0.25) is 0 Å². The van der Waals surface area contributed by atoms with E-state index < -0.39 is 6.10 Å². The second-order valence-electron chi connectivity index (χ2n) is 18.5. The molecule has 6 heteroatoms. The summed E-state index contributed by atoms with van der Waals surface area (Å²) in [6, 6.07) is 0. The number of allylic oxidation sites excluding steroid dienone is 8. The summed E-state index contributed by atoms with van der Waals surface area (Å²) in [7, 11) is 0. The van der Waals surface area contributed by atoms with E-state index in [1.54, 1.807) is 0 Å². The molecule has 64 heavy (non-hydrogen) atoms. The first-order chi connectivity index (χ1) is 31.5. The number of esters is 3. The molecule has 1 atom stereocenters. The van der Waals surface area contributed by atoms with Gasteiger partial charge >= 0.3 is 17.9 Å². The van der Waals surface area contributed by atoms with Crippen molar-refractivity contribution in [2.75, 3.05) is 13.2 Å². The molecule has 0 aliphatic heterocycles. The highest BCUT2D eigenvalue weighted by Gasteiger charge is 2.19. The molecule has 0 N–H and O–H groups in total. The van der Waals surface area contributed by atoms with Crippen LogP contribution in [-0.2, 0) is 28.6 Å². The number of carbonyl (C=O) groups is 3. The number of hydrogen-bond acceptors (Lipinski definition) is 6. The number of ether oxygens (including phenoxy) is 3. The predicted molar refractivity (Wildman–Crippen MR) is 275 cm³/mol. The highest BCUT2D eigenvalue weighted by Crippen LogP contribution is 2.15. The molecule has 0 aromatic rings. The Kier molecular flexibility index (Phi) is 50.8. The summed E-state index contributed by atoms with van der Waals surface area (Å²) in [6.45, 7) is 6.52. The largest absolute Gasteiger partial charge is 0.462 e. The van der Waals surface area contributed by atoms with Gasteiger partial charge in [0.05, 0.1) is 0 Å². The fourth-order valence-electron chi connectivity index (χ4n) is 7.92. The summed E-state index contributed by atoms with van der Waals surface area (Å²) < 4.78 is 16.8. The molecule has 0 saturated carbocycles. The zero-order valence-corrected chi connectivity index (χ0v) is 42.6. The van der Waals surface area contributed by atoms with Gasteiger partial charge in [-0.2, -0.15) is 0 Å². The van der Waals surface area contributed by atoms with E-state index in [1.807, 2.05) is 0 Å². The summed E-state index contributed by atoms with van der Waals surface area (Å²) in [5.41, 5.74) is 0. The highest BCUT2D eigenvalue weighted by molar-refractivity contribution is 5.71. The number of unbranched alkanes of at least 4 members (excludes halogenated alkanes) is 31. The van der Waals surface area contributed by atoms with Crippen LogP contribution < -0.4 is 0 Å². The fourth-order valence-corrected chi connectivity index (χ4v) is 7.92. The lowest BCUT2D eigenvalue weighted by molar-refractivity contribution is -0.167. The minimum absolute atomic E-state index is 0.0757. The summed E-state index contributed by atoms with van der Waals surface area (Å²) >= 11 is 0. The fraction of sp³-hybridized carbons (Fsp3) is 0.810. The zero-order valence-electron chi connectivity index (χ0n) is 42.6. The Labute approximate surface area is 397 Å². The monoisotopic (exact) mass is 897 g/mol. The number of carbonyl (C=O) groups excluding carboxylic acids is 3. The normalized spacial score (nSPS) is 12.4. The van der Waals surface area contributed by atoms with Gasteiger partial charge in [-0.3, -0.25) is 14.4 Å². The maximum absolute atomic E-state index is 12.8. The average Bonchev–Trinajstić information content (AvgIpc) is 3.29. The molecule has 0 aromatic carbocycles. The van der Waals surface area contributed by atoms with Gasteiger partial charge in [0.2, 0.25) is 0 Å². The van der Waals surface area contributed by atoms with Crippen molar-refractivity contribution in [3.05, 3.63) is 48.6 Å². The van der Waals surface area contributed by atoms with E-state index in [9.17, 15) is 14.4 Å². The quantitative estimate of drug-likeness (QED) is 0.0262. The van der Waals surface area contributed by atoms with Gasteiger partial charge in [0.15, 0.2) is 6.10 Å². The molecule has 0 radical (unpaired) electrons. The van der Waals surface area contributed by atoms with Crippen LogP contribution in [0.4, 0.5) is 0 Å². The molecular formula is C58H104O6. The van der Waals surface area contributed by atoms with Crippen LogP contribution >= 0.6 is 0 Å². The molecule has 0 rings (SSSR count). The van der Waals surface area contributed by atoms with Crippen molar-refractivity contribution in [2.45, 2.75) is 290 Å². The zero-order chi connectivity index (χ0) is 46.5. The van der Waals surface area contributed by atoms with Crippen LogP contribution in [0.3, 0.4) is 0 Å². The third kappa shape index (κ3) is 50.4. The lowest BCUT2D eigenvalue weighted by Gasteiger charge is -2.18. The molecule has 0 bridgehead atoms. The van der Waals surface area contributed by atoms with Crippen molar-refractivity contribution >= 4 is 17.9 Å². The molecule has 6 nitrogen and oxygen atoms in total. The lowest BCUT2D eigenvalue weighted by atomic mass is 10.1. The molecule has 0 aromatic heterocycles. The summed E-state index contributed by atoms with van der Waals surface area (Å²) in [5.74, 6) is -0.882. The van der Waals surface area contributed by atoms with Crippen molar-refractivity contribution < 1.29 is 28.6 Å². The van der Waals surface area contributed by atoms with Crippen LogP contribution in [0, 0.1) is 0 Å². The van der Waals surface area contributed by atoms with Crippen molar-refractivity contribution in [1.29, 1.82) is 0 Å². The molecule has 0 aliphatic carbocycles. The standard InChI is InChI=1S/C58H104O6/c1-4-7-10-13-16-19-21-23-25-27-29-31-32-34-36-39-42-45-48-51-57(60)63-54-55(53-62-56(59)50-47-44-41-38-18-15-12-9-6-3)64-58(61)52-49-46-43-40-37-35-33-30-28-26-24-22-20-17-14-11-8-5-2/h7,10,16,19,23,25,30,33,55H,4-6,8-9,11-15,17-18,20-22,24,26-29,31-32,34-54H2,1-3H3/b10-7-,19-16-,25-23-,33-30-. The maximum Gasteiger partial charge on any atom is 0.306 e. The van der Waals surface area contributed by atoms with E-state index in [0.717, 1.165) is 83.5 Å². The smallest absolute Gasteiger partial charge is 0.306 e. The molecule has 0 saturated heterocycles. The van der Waals surface area contributed by atoms with Gasteiger partial charge < -0.3 is 14.2 Å².